The Morgan fingerprint density at radius 3 is 2.20 bits per heavy atom. The number of carbonyl (C=O) groups is 1. The molecule has 1 saturated heterocycles. The summed E-state index contributed by atoms with van der Waals surface area (Å²) in [6.45, 7) is 3.86. The van der Waals surface area contributed by atoms with Gasteiger partial charge in [0.05, 0.1) is 90.7 Å². The molecule has 5 aromatic rings. The van der Waals surface area contributed by atoms with E-state index in [1.807, 2.05) is 85.8 Å². The normalized spacial score (nSPS) is 17.1. The number of amides is 1. The van der Waals surface area contributed by atoms with E-state index in [0.717, 1.165) is 39.0 Å². The largest absolute Gasteiger partial charge is 0.496 e. The van der Waals surface area contributed by atoms with Gasteiger partial charge in [0.2, 0.25) is 0 Å². The van der Waals surface area contributed by atoms with Gasteiger partial charge in [-0.25, -0.2) is 9.63 Å². The van der Waals surface area contributed by atoms with Crippen LogP contribution in [0.2, 0.25) is 0 Å². The summed E-state index contributed by atoms with van der Waals surface area (Å²) in [5.74, 6) is 2.18. The number of hydrogen-bond acceptors (Lipinski definition) is 13. The lowest BCUT2D eigenvalue weighted by Gasteiger charge is -2.43. The standard InChI is InChI=1S/C46H54N2O12/c1-4-37(49)31-58-44-27-47(46(50)60-39-18-14-32(15-19-39)29-59-48(51)52)26-43(57-28-33-24-35-10-5-7-12-40(35)42(25-33)54-3)45(44)34-16-20-38(21-17-34)56-23-9-22-55-30-36-11-6-8-13-41(36)53-2/h5-8,10-21,24-25,37,43-45,49,51-52H,4,9,22-23,26-31H2,1-3H3. The molecular weight excluding hydrogens is 773 g/mol. The van der Waals surface area contributed by atoms with Crippen LogP contribution in [0.4, 0.5) is 4.79 Å². The monoisotopic (exact) mass is 826 g/mol. The highest BCUT2D eigenvalue weighted by atomic mass is 17.1. The second-order valence-electron chi connectivity index (χ2n) is 14.4. The van der Waals surface area contributed by atoms with Crippen LogP contribution in [-0.4, -0.2) is 97.3 Å². The summed E-state index contributed by atoms with van der Waals surface area (Å²) in [4.78, 5) is 20.0. The molecule has 14 nitrogen and oxygen atoms in total. The number of para-hydroxylation sites is 1. The van der Waals surface area contributed by atoms with Crippen LogP contribution in [0.15, 0.2) is 109 Å². The number of hydrogen-bond donors (Lipinski definition) is 3. The number of methoxy groups -OCH3 is 2. The highest BCUT2D eigenvalue weighted by molar-refractivity contribution is 5.89. The van der Waals surface area contributed by atoms with Gasteiger partial charge in [0.15, 0.2) is 0 Å². The van der Waals surface area contributed by atoms with Crippen LogP contribution in [0.3, 0.4) is 0 Å². The van der Waals surface area contributed by atoms with Gasteiger partial charge >= 0.3 is 6.09 Å². The number of carbonyl (C=O) groups excluding carboxylic acids is 1. The molecule has 0 radical (unpaired) electrons. The van der Waals surface area contributed by atoms with E-state index in [1.165, 1.54) is 0 Å². The molecule has 14 heteroatoms. The molecule has 3 N–H and O–H groups in total. The molecule has 60 heavy (non-hydrogen) atoms. The summed E-state index contributed by atoms with van der Waals surface area (Å²) in [6, 6.07) is 34.1. The van der Waals surface area contributed by atoms with E-state index in [0.29, 0.717) is 44.0 Å². The van der Waals surface area contributed by atoms with E-state index in [4.69, 9.17) is 43.6 Å². The first-order chi connectivity index (χ1) is 29.2. The maximum Gasteiger partial charge on any atom is 0.415 e. The van der Waals surface area contributed by atoms with Gasteiger partial charge in [0.1, 0.15) is 23.0 Å². The molecule has 1 fully saturated rings. The Kier molecular flexibility index (Phi) is 16.5. The SMILES string of the molecule is CCC(O)COC1CN(C(=O)Oc2ccc(CON(O)O)cc2)CC(OCc2cc(OC)c3ccccc3c2)C1c1ccc(OCCCOCc2ccccc2OC)cc1. The molecule has 1 aliphatic heterocycles. The molecule has 6 rings (SSSR count). The maximum absolute atomic E-state index is 13.8. The van der Waals surface area contributed by atoms with E-state index in [1.54, 1.807) is 43.4 Å². The summed E-state index contributed by atoms with van der Waals surface area (Å²) >= 11 is 0. The van der Waals surface area contributed by atoms with Gasteiger partial charge in [-0.2, -0.15) is 0 Å². The zero-order valence-corrected chi connectivity index (χ0v) is 34.2. The quantitative estimate of drug-likeness (QED) is 0.0489. The first-order valence-corrected chi connectivity index (χ1v) is 20.0. The molecule has 0 saturated carbocycles. The van der Waals surface area contributed by atoms with E-state index in [2.05, 4.69) is 10.9 Å². The number of ether oxygens (including phenoxy) is 7. The van der Waals surface area contributed by atoms with Crippen molar-refractivity contribution >= 4 is 16.9 Å². The van der Waals surface area contributed by atoms with Crippen molar-refractivity contribution < 1.29 is 58.3 Å². The number of rotatable bonds is 21. The first kappa shape index (κ1) is 44.3. The van der Waals surface area contributed by atoms with Crippen molar-refractivity contribution in [1.82, 2.24) is 10.3 Å². The van der Waals surface area contributed by atoms with Gasteiger partial charge in [-0.3, -0.25) is 10.4 Å². The molecule has 0 spiro atoms. The lowest BCUT2D eigenvalue weighted by molar-refractivity contribution is -0.497. The lowest BCUT2D eigenvalue weighted by Crippen LogP contribution is -2.55. The Labute approximate surface area is 350 Å². The first-order valence-electron chi connectivity index (χ1n) is 20.0. The highest BCUT2D eigenvalue weighted by Crippen LogP contribution is 2.36. The van der Waals surface area contributed by atoms with Crippen molar-refractivity contribution in [2.75, 3.05) is 47.1 Å². The third-order valence-electron chi connectivity index (χ3n) is 10.3. The average molecular weight is 827 g/mol. The van der Waals surface area contributed by atoms with Crippen molar-refractivity contribution in [2.24, 2.45) is 0 Å². The number of benzene rings is 5. The van der Waals surface area contributed by atoms with Gasteiger partial charge < -0.3 is 43.2 Å². The molecule has 0 aliphatic carbocycles. The summed E-state index contributed by atoms with van der Waals surface area (Å²) in [5, 5.41) is 29.9. The highest BCUT2D eigenvalue weighted by Gasteiger charge is 2.42. The van der Waals surface area contributed by atoms with Gasteiger partial charge in [-0.05, 0) is 71.0 Å². The third-order valence-corrected chi connectivity index (χ3v) is 10.3. The van der Waals surface area contributed by atoms with Crippen LogP contribution in [0.25, 0.3) is 10.8 Å². The zero-order chi connectivity index (χ0) is 42.3. The zero-order valence-electron chi connectivity index (χ0n) is 34.2. The summed E-state index contributed by atoms with van der Waals surface area (Å²) in [5.41, 5.74) is 3.43. The van der Waals surface area contributed by atoms with E-state index < -0.39 is 24.4 Å². The number of piperidine rings is 1. The molecule has 4 atom stereocenters. The number of aliphatic hydroxyl groups excluding tert-OH is 1. The van der Waals surface area contributed by atoms with Crippen molar-refractivity contribution in [2.45, 2.75) is 63.8 Å². The van der Waals surface area contributed by atoms with Gasteiger partial charge in [0, 0.05) is 23.3 Å². The minimum Gasteiger partial charge on any atom is -0.496 e. The Morgan fingerprint density at radius 2 is 1.47 bits per heavy atom. The molecule has 4 unspecified atom stereocenters. The van der Waals surface area contributed by atoms with Crippen LogP contribution in [0.1, 0.15) is 47.9 Å². The third kappa shape index (κ3) is 12.4. The Bertz CT molecular complexity index is 2080. The molecule has 1 heterocycles. The Balaban J connectivity index is 1.18. The van der Waals surface area contributed by atoms with Crippen molar-refractivity contribution in [3.8, 4) is 23.0 Å². The molecule has 320 valence electrons. The van der Waals surface area contributed by atoms with Crippen LogP contribution in [0.5, 0.6) is 23.0 Å². The molecule has 1 amide bonds. The summed E-state index contributed by atoms with van der Waals surface area (Å²) in [7, 11) is 3.29. The second-order valence-corrected chi connectivity index (χ2v) is 14.4. The Hall–Kier alpha value is -5.29. The van der Waals surface area contributed by atoms with Crippen molar-refractivity contribution in [1.29, 1.82) is 0 Å². The number of fused-ring (bicyclic) bond motifs is 1. The van der Waals surface area contributed by atoms with Crippen LogP contribution in [0, 0.1) is 0 Å². The number of nitrogens with zero attached hydrogens (tertiary/aromatic N) is 2. The second kappa shape index (κ2) is 22.4. The fraction of sp³-hybridized carbons (Fsp3) is 0.370. The summed E-state index contributed by atoms with van der Waals surface area (Å²) in [6.07, 6.45) is -1.23. The van der Waals surface area contributed by atoms with E-state index >= 15 is 0 Å². The number of aliphatic hydroxyl groups is 1. The minimum atomic E-state index is -0.696. The molecular formula is C46H54N2O12. The fourth-order valence-corrected chi connectivity index (χ4v) is 7.10. The topological polar surface area (TPSA) is 158 Å². The van der Waals surface area contributed by atoms with Crippen LogP contribution < -0.4 is 18.9 Å². The average Bonchev–Trinajstić information content (AvgIpc) is 3.28. The van der Waals surface area contributed by atoms with Crippen LogP contribution in [-0.2, 0) is 38.9 Å². The van der Waals surface area contributed by atoms with Crippen LogP contribution >= 0.6 is 0 Å². The smallest absolute Gasteiger partial charge is 0.415 e. The van der Waals surface area contributed by atoms with E-state index in [9.17, 15) is 9.90 Å². The molecule has 0 aromatic heterocycles. The maximum atomic E-state index is 13.8. The Morgan fingerprint density at radius 1 is 0.767 bits per heavy atom. The summed E-state index contributed by atoms with van der Waals surface area (Å²) < 4.78 is 42.1. The van der Waals surface area contributed by atoms with Gasteiger partial charge in [-0.1, -0.05) is 73.7 Å². The predicted molar refractivity (Wildman–Crippen MR) is 221 cm³/mol. The fourth-order valence-electron chi connectivity index (χ4n) is 7.10. The van der Waals surface area contributed by atoms with Gasteiger partial charge in [-0.15, -0.1) is 0 Å². The van der Waals surface area contributed by atoms with Gasteiger partial charge in [0.25, 0.3) is 0 Å². The predicted octanol–water partition coefficient (Wildman–Crippen LogP) is 7.69. The van der Waals surface area contributed by atoms with E-state index in [-0.39, 0.29) is 50.0 Å². The number of likely N-dealkylation sites (tertiary alicyclic amines) is 1. The minimum absolute atomic E-state index is 0.0676. The van der Waals surface area contributed by atoms with Crippen molar-refractivity contribution in [3.05, 3.63) is 131 Å². The molecule has 1 aliphatic rings. The molecule has 5 aromatic carbocycles. The molecule has 0 bridgehead atoms. The van der Waals surface area contributed by atoms with Crippen molar-refractivity contribution in [3.63, 3.8) is 0 Å². The lowest BCUT2D eigenvalue weighted by atomic mass is 9.84.